The molecule has 0 bridgehead atoms. The highest BCUT2D eigenvalue weighted by Crippen LogP contribution is 2.39. The summed E-state index contributed by atoms with van der Waals surface area (Å²) in [6, 6.07) is 0. The van der Waals surface area contributed by atoms with Crippen LogP contribution in [0.2, 0.25) is 0 Å². The van der Waals surface area contributed by atoms with Crippen molar-refractivity contribution in [3.05, 3.63) is 24.3 Å². The summed E-state index contributed by atoms with van der Waals surface area (Å²) in [7, 11) is 5.82. The highest BCUT2D eigenvalue weighted by Gasteiger charge is 2.47. The van der Waals surface area contributed by atoms with Gasteiger partial charge in [-0.1, -0.05) is 238 Å². The van der Waals surface area contributed by atoms with E-state index in [1.54, 1.807) is 0 Å². The molecule has 0 aromatic carbocycles. The van der Waals surface area contributed by atoms with Crippen LogP contribution in [0.25, 0.3) is 0 Å². The maximum Gasteiger partial charge on any atom is 0.305 e. The Morgan fingerprint density at radius 1 is 0.258 bits per heavy atom. The Labute approximate surface area is 545 Å². The van der Waals surface area contributed by atoms with Crippen LogP contribution < -0.4 is 0 Å². The molecule has 0 spiro atoms. The minimum atomic E-state index is -0.0884. The molecular weight excluding hydrogens is 1120 g/mol. The topological polar surface area (TPSA) is 168 Å². The predicted octanol–water partition coefficient (Wildman–Crippen LogP) is 20.2. The first-order valence-electron chi connectivity index (χ1n) is 37.4. The van der Waals surface area contributed by atoms with Gasteiger partial charge in [0.1, 0.15) is 0 Å². The van der Waals surface area contributed by atoms with Gasteiger partial charge in [0.05, 0.1) is 89.5 Å². The molecule has 0 aromatic rings. The first-order chi connectivity index (χ1) is 43.6. The number of unbranched alkanes of at least 4 members (excludes halogenated alkanes) is 29. The molecule has 0 saturated carbocycles. The highest BCUT2D eigenvalue weighted by atomic mass is 16.6. The van der Waals surface area contributed by atoms with E-state index in [4.69, 9.17) is 23.7 Å². The third kappa shape index (κ3) is 50.3. The third-order valence-corrected chi connectivity index (χ3v) is 18.2. The lowest BCUT2D eigenvalue weighted by Gasteiger charge is -2.01. The molecule has 0 aromatic heterocycles. The second-order valence-corrected chi connectivity index (χ2v) is 26.3. The van der Waals surface area contributed by atoms with Crippen molar-refractivity contribution in [2.45, 2.75) is 410 Å². The highest BCUT2D eigenvalue weighted by molar-refractivity contribution is 5.70. The van der Waals surface area contributed by atoms with E-state index in [1.807, 2.05) is 0 Å². The van der Waals surface area contributed by atoms with Crippen molar-refractivity contribution in [3.8, 4) is 0 Å². The molecule has 13 heteroatoms. The van der Waals surface area contributed by atoms with Crippen LogP contribution in [0.4, 0.5) is 0 Å². The van der Waals surface area contributed by atoms with Gasteiger partial charge in [-0.25, -0.2) is 0 Å². The molecule has 520 valence electrons. The van der Waals surface area contributed by atoms with Gasteiger partial charge in [0.15, 0.2) is 0 Å². The van der Waals surface area contributed by atoms with E-state index in [0.717, 1.165) is 70.6 Å². The first kappa shape index (κ1) is 82.3. The van der Waals surface area contributed by atoms with Gasteiger partial charge in [-0.3, -0.25) is 19.2 Å². The Bertz CT molecular complexity index is 1740. The molecule has 10 atom stereocenters. The van der Waals surface area contributed by atoms with Gasteiger partial charge in [-0.2, -0.15) is 0 Å². The van der Waals surface area contributed by atoms with Crippen molar-refractivity contribution in [3.63, 3.8) is 0 Å². The molecular formula is C76H138O13. The van der Waals surface area contributed by atoms with Gasteiger partial charge in [0.2, 0.25) is 0 Å². The number of esters is 4. The maximum absolute atomic E-state index is 11.0. The molecule has 10 unspecified atom stereocenters. The largest absolute Gasteiger partial charge is 0.469 e. The summed E-state index contributed by atoms with van der Waals surface area (Å²) >= 11 is 0. The van der Waals surface area contributed by atoms with Crippen molar-refractivity contribution in [2.24, 2.45) is 0 Å². The molecule has 0 N–H and O–H groups in total. The fourth-order valence-electron chi connectivity index (χ4n) is 11.9. The second kappa shape index (κ2) is 57.8. The fraction of sp³-hybridized carbons (Fsp3) is 0.895. The van der Waals surface area contributed by atoms with Crippen LogP contribution in [0.1, 0.15) is 349 Å². The van der Waals surface area contributed by atoms with Crippen LogP contribution in [-0.4, -0.2) is 113 Å². The normalized spacial score (nSPS) is 22.5. The SMILES string of the molecule is CCCCCC1OC1CC1OC1CCCCCCCC(=O)OC.CCCCCC1OC1CC=CCCCCCCCC(=O)OC.CCCCCC=CCC1OC1CCCCCCCC(=O)OC.CCCCCCCCC1OC1CCCCCCCC(=O)OC. The minimum absolute atomic E-state index is 0.0797. The smallest absolute Gasteiger partial charge is 0.305 e. The van der Waals surface area contributed by atoms with E-state index in [-0.39, 0.29) is 23.9 Å². The number of rotatable bonds is 57. The Morgan fingerprint density at radius 2 is 0.472 bits per heavy atom. The van der Waals surface area contributed by atoms with E-state index in [1.165, 1.54) is 253 Å². The van der Waals surface area contributed by atoms with E-state index in [2.05, 4.69) is 70.9 Å². The van der Waals surface area contributed by atoms with Crippen molar-refractivity contribution in [2.75, 3.05) is 28.4 Å². The van der Waals surface area contributed by atoms with Gasteiger partial charge in [0, 0.05) is 32.1 Å². The first-order valence-corrected chi connectivity index (χ1v) is 37.4. The van der Waals surface area contributed by atoms with Gasteiger partial charge >= 0.3 is 23.9 Å². The van der Waals surface area contributed by atoms with Gasteiger partial charge in [0.25, 0.3) is 0 Å². The predicted molar refractivity (Wildman–Crippen MR) is 363 cm³/mol. The Kier molecular flexibility index (Phi) is 53.4. The molecule has 5 rings (SSSR count). The summed E-state index contributed by atoms with van der Waals surface area (Å²) in [5.41, 5.74) is 0. The molecule has 13 nitrogen and oxygen atoms in total. The molecule has 5 aliphatic rings. The monoisotopic (exact) mass is 1260 g/mol. The summed E-state index contributed by atoms with van der Waals surface area (Å²) < 4.78 is 47.2. The van der Waals surface area contributed by atoms with Crippen LogP contribution >= 0.6 is 0 Å². The molecule has 5 heterocycles. The lowest BCUT2D eigenvalue weighted by molar-refractivity contribution is -0.141. The summed E-state index contributed by atoms with van der Waals surface area (Å²) in [5.74, 6) is -0.339. The molecule has 5 fully saturated rings. The summed E-state index contributed by atoms with van der Waals surface area (Å²) in [6.45, 7) is 8.99. The van der Waals surface area contributed by atoms with E-state index < -0.39 is 0 Å². The lowest BCUT2D eigenvalue weighted by Crippen LogP contribution is -2.02. The zero-order valence-corrected chi connectivity index (χ0v) is 58.7. The molecule has 0 aliphatic carbocycles. The number of hydrogen-bond donors (Lipinski definition) is 0. The average Bonchev–Trinajstić information content (AvgIpc) is 1.90. The standard InChI is InChI=1S/C19H34O4.C19H34O3.C19H36O3.C19H34O3/c1-3-4-8-11-15-17(22-15)14-18-16(23-18)12-9-6-5-7-10-13-19(20)21-2;1-3-4-11-14-17-18(22-17)15-12-9-7-5-6-8-10-13-16-19(20)21-2;2*1-3-4-5-6-8-11-14-17-18(22-17)15-12-9-7-10-13-16-19(20)21-2/h15-18H,3-14H2,1-2H3;9,12,17-18H,3-8,10-11,13-16H2,1-2H3;17-18H,3-16H2,1-2H3;8,11,17-18H,3-7,9-10,12-16H2,1-2H3. The number of carbonyl (C=O) groups excluding carboxylic acids is 4. The zero-order valence-electron chi connectivity index (χ0n) is 58.7. The van der Waals surface area contributed by atoms with Crippen molar-refractivity contribution in [1.29, 1.82) is 0 Å². The van der Waals surface area contributed by atoms with Gasteiger partial charge in [-0.15, -0.1) is 0 Å². The fourth-order valence-corrected chi connectivity index (χ4v) is 11.9. The van der Waals surface area contributed by atoms with Crippen LogP contribution in [0.15, 0.2) is 24.3 Å². The third-order valence-electron chi connectivity index (χ3n) is 18.2. The number of allylic oxidation sites excluding steroid dienone is 2. The van der Waals surface area contributed by atoms with E-state index >= 15 is 0 Å². The molecule has 5 saturated heterocycles. The quantitative estimate of drug-likeness (QED) is 0.0186. The molecule has 5 aliphatic heterocycles. The van der Waals surface area contributed by atoms with E-state index in [9.17, 15) is 19.2 Å². The van der Waals surface area contributed by atoms with Crippen LogP contribution in [0.5, 0.6) is 0 Å². The van der Waals surface area contributed by atoms with Crippen LogP contribution in [0.3, 0.4) is 0 Å². The van der Waals surface area contributed by atoms with Crippen molar-refractivity contribution < 1.29 is 61.8 Å². The number of methoxy groups -OCH3 is 4. The van der Waals surface area contributed by atoms with E-state index in [0.29, 0.717) is 86.7 Å². The number of carbonyl (C=O) groups is 4. The number of hydrogen-bond acceptors (Lipinski definition) is 13. The second-order valence-electron chi connectivity index (χ2n) is 26.3. The van der Waals surface area contributed by atoms with Gasteiger partial charge in [-0.05, 0) is 103 Å². The van der Waals surface area contributed by atoms with Crippen molar-refractivity contribution in [1.82, 2.24) is 0 Å². The average molecular weight is 1260 g/mol. The van der Waals surface area contributed by atoms with Gasteiger partial charge < -0.3 is 42.6 Å². The van der Waals surface area contributed by atoms with Crippen molar-refractivity contribution >= 4 is 23.9 Å². The molecule has 0 amide bonds. The minimum Gasteiger partial charge on any atom is -0.469 e. The summed E-state index contributed by atoms with van der Waals surface area (Å²) in [6.07, 6.45) is 73.0. The number of epoxide rings is 5. The maximum atomic E-state index is 11.0. The molecule has 0 radical (unpaired) electrons. The Hall–Kier alpha value is -2.84. The zero-order chi connectivity index (χ0) is 64.6. The van der Waals surface area contributed by atoms with Crippen LogP contribution in [-0.2, 0) is 61.8 Å². The molecule has 89 heavy (non-hydrogen) atoms. The van der Waals surface area contributed by atoms with Crippen LogP contribution in [0, 0.1) is 0 Å². The lowest BCUT2D eigenvalue weighted by atomic mass is 10.0. The summed E-state index contributed by atoms with van der Waals surface area (Å²) in [5, 5.41) is 0. The Balaban J connectivity index is 0.000000405. The number of ether oxygens (including phenoxy) is 9. The Morgan fingerprint density at radius 3 is 0.798 bits per heavy atom. The summed E-state index contributed by atoms with van der Waals surface area (Å²) in [4.78, 5) is 43.8.